The maximum Gasteiger partial charge on any atom is 0.255 e. The van der Waals surface area contributed by atoms with E-state index in [9.17, 15) is 4.79 Å². The second kappa shape index (κ2) is 6.78. The summed E-state index contributed by atoms with van der Waals surface area (Å²) in [6, 6.07) is 10.3. The van der Waals surface area contributed by atoms with Crippen LogP contribution in [0.5, 0.6) is 0 Å². The Morgan fingerprint density at radius 3 is 2.88 bits per heavy atom. The summed E-state index contributed by atoms with van der Waals surface area (Å²) in [5, 5.41) is 7.57. The molecule has 0 saturated carbocycles. The van der Waals surface area contributed by atoms with Crippen LogP contribution in [0.15, 0.2) is 42.7 Å². The van der Waals surface area contributed by atoms with Crippen LogP contribution in [0.3, 0.4) is 0 Å². The number of benzene rings is 1. The predicted molar refractivity (Wildman–Crippen MR) is 99.0 cm³/mol. The Bertz CT molecular complexity index is 925. The maximum atomic E-state index is 12.7. The molecule has 1 aliphatic heterocycles. The highest BCUT2D eigenvalue weighted by Gasteiger charge is 2.23. The van der Waals surface area contributed by atoms with Gasteiger partial charge in [0.25, 0.3) is 5.91 Å². The lowest BCUT2D eigenvalue weighted by molar-refractivity contribution is 0.0927. The van der Waals surface area contributed by atoms with Gasteiger partial charge in [-0.25, -0.2) is 4.98 Å². The smallest absolute Gasteiger partial charge is 0.255 e. The average Bonchev–Trinajstić information content (AvgIpc) is 3.17. The number of carbonyl (C=O) groups is 1. The molecule has 0 saturated heterocycles. The molecule has 0 bridgehead atoms. The lowest BCUT2D eigenvalue weighted by Crippen LogP contribution is -2.41. The molecule has 1 aromatic carbocycles. The van der Waals surface area contributed by atoms with Gasteiger partial charge in [0, 0.05) is 30.9 Å². The number of aromatic nitrogens is 4. The number of nitrogens with one attached hydrogen (secondary N) is 1. The molecule has 1 unspecified atom stereocenters. The van der Waals surface area contributed by atoms with Crippen LogP contribution in [0.1, 0.15) is 39.6 Å². The summed E-state index contributed by atoms with van der Waals surface area (Å²) >= 11 is 0. The number of carbonyl (C=O) groups excluding carboxylic acids is 1. The fourth-order valence-electron chi connectivity index (χ4n) is 3.55. The van der Waals surface area contributed by atoms with Crippen LogP contribution in [0.25, 0.3) is 0 Å². The number of aryl methyl sites for hydroxylation is 2. The molecule has 0 radical (unpaired) electrons. The van der Waals surface area contributed by atoms with E-state index in [2.05, 4.69) is 38.3 Å². The minimum atomic E-state index is -0.0490. The summed E-state index contributed by atoms with van der Waals surface area (Å²) in [4.78, 5) is 17.2. The molecular formula is C20H23N5O. The number of fused-ring (bicyclic) bond motifs is 1. The number of rotatable bonds is 4. The lowest BCUT2D eigenvalue weighted by atomic mass is 10.1. The first-order chi connectivity index (χ1) is 12.6. The molecule has 0 fully saturated rings. The van der Waals surface area contributed by atoms with Gasteiger partial charge in [-0.3, -0.25) is 9.48 Å². The summed E-state index contributed by atoms with van der Waals surface area (Å²) in [5.41, 5.74) is 3.74. The molecule has 26 heavy (non-hydrogen) atoms. The molecule has 6 heteroatoms. The van der Waals surface area contributed by atoms with Crippen LogP contribution in [-0.4, -0.2) is 31.3 Å². The summed E-state index contributed by atoms with van der Waals surface area (Å²) < 4.78 is 4.03. The summed E-state index contributed by atoms with van der Waals surface area (Å²) in [6.07, 6.45) is 5.53. The van der Waals surface area contributed by atoms with Crippen LogP contribution in [0.4, 0.5) is 0 Å². The van der Waals surface area contributed by atoms with Crippen LogP contribution in [0.2, 0.25) is 0 Å². The zero-order valence-electron chi connectivity index (χ0n) is 15.1. The first-order valence-corrected chi connectivity index (χ1v) is 9.00. The van der Waals surface area contributed by atoms with Crippen molar-refractivity contribution in [2.24, 2.45) is 0 Å². The van der Waals surface area contributed by atoms with E-state index in [4.69, 9.17) is 0 Å². The van der Waals surface area contributed by atoms with E-state index in [0.29, 0.717) is 12.1 Å². The number of hydrogen-bond donors (Lipinski definition) is 1. The first kappa shape index (κ1) is 16.6. The van der Waals surface area contributed by atoms with Gasteiger partial charge < -0.3 is 9.88 Å². The van der Waals surface area contributed by atoms with Crippen molar-refractivity contribution < 1.29 is 4.79 Å². The third-order valence-corrected chi connectivity index (χ3v) is 4.97. The van der Waals surface area contributed by atoms with E-state index < -0.39 is 0 Å². The van der Waals surface area contributed by atoms with Gasteiger partial charge >= 0.3 is 0 Å². The van der Waals surface area contributed by atoms with Gasteiger partial charge in [0.15, 0.2) is 0 Å². The van der Waals surface area contributed by atoms with Crippen molar-refractivity contribution >= 4 is 5.91 Å². The van der Waals surface area contributed by atoms with E-state index >= 15 is 0 Å². The van der Waals surface area contributed by atoms with E-state index in [1.54, 1.807) is 6.20 Å². The molecule has 2 aromatic heterocycles. The zero-order valence-corrected chi connectivity index (χ0v) is 15.1. The topological polar surface area (TPSA) is 64.7 Å². The molecule has 1 N–H and O–H groups in total. The molecular weight excluding hydrogens is 326 g/mol. The highest BCUT2D eigenvalue weighted by molar-refractivity contribution is 5.95. The zero-order chi connectivity index (χ0) is 18.1. The van der Waals surface area contributed by atoms with E-state index in [1.807, 2.05) is 36.7 Å². The molecule has 134 valence electrons. The number of imidazole rings is 1. The quantitative estimate of drug-likeness (QED) is 0.787. The number of amides is 1. The third-order valence-electron chi connectivity index (χ3n) is 4.97. The van der Waals surface area contributed by atoms with Crippen molar-refractivity contribution in [1.29, 1.82) is 0 Å². The van der Waals surface area contributed by atoms with Crippen molar-refractivity contribution in [3.63, 3.8) is 0 Å². The second-order valence-corrected chi connectivity index (χ2v) is 6.95. The molecule has 6 nitrogen and oxygen atoms in total. The van der Waals surface area contributed by atoms with Gasteiger partial charge in [0.05, 0.1) is 24.0 Å². The van der Waals surface area contributed by atoms with Gasteiger partial charge in [0.1, 0.15) is 5.82 Å². The van der Waals surface area contributed by atoms with E-state index in [-0.39, 0.29) is 11.9 Å². The molecule has 3 aromatic rings. The van der Waals surface area contributed by atoms with Crippen molar-refractivity contribution in [2.75, 3.05) is 0 Å². The van der Waals surface area contributed by atoms with Crippen LogP contribution < -0.4 is 5.32 Å². The fraction of sp³-hybridized carbons (Fsp3) is 0.350. The Morgan fingerprint density at radius 2 is 2.08 bits per heavy atom. The highest BCUT2D eigenvalue weighted by Crippen LogP contribution is 2.16. The molecule has 1 atom stereocenters. The number of hydrogen-bond acceptors (Lipinski definition) is 3. The van der Waals surface area contributed by atoms with Crippen molar-refractivity contribution in [2.45, 2.75) is 45.8 Å². The van der Waals surface area contributed by atoms with Crippen LogP contribution in [0, 0.1) is 13.8 Å². The largest absolute Gasteiger partial charge is 0.347 e. The lowest BCUT2D eigenvalue weighted by Gasteiger charge is -2.24. The molecule has 1 aliphatic rings. The molecule has 0 aliphatic carbocycles. The van der Waals surface area contributed by atoms with Crippen LogP contribution in [-0.2, 0) is 19.5 Å². The SMILES string of the molecule is Cc1cn2c(n1)CCC(NC(=O)c1cnn(Cc3ccccc3)c1C)C2. The Kier molecular flexibility index (Phi) is 4.32. The minimum absolute atomic E-state index is 0.0490. The monoisotopic (exact) mass is 349 g/mol. The fourth-order valence-corrected chi connectivity index (χ4v) is 3.55. The Labute approximate surface area is 152 Å². The van der Waals surface area contributed by atoms with E-state index in [0.717, 1.165) is 36.6 Å². The standard InChI is InChI=1S/C20H23N5O/c1-14-11-24-13-17(8-9-19(24)22-14)23-20(26)18-10-21-25(15(18)2)12-16-6-4-3-5-7-16/h3-7,10-11,17H,8-9,12-13H2,1-2H3,(H,23,26). The highest BCUT2D eigenvalue weighted by atomic mass is 16.1. The van der Waals surface area contributed by atoms with Crippen LogP contribution >= 0.6 is 0 Å². The normalized spacial score (nSPS) is 16.3. The van der Waals surface area contributed by atoms with Crippen molar-refractivity contribution in [3.05, 3.63) is 71.1 Å². The van der Waals surface area contributed by atoms with Gasteiger partial charge in [0.2, 0.25) is 0 Å². The summed E-state index contributed by atoms with van der Waals surface area (Å²) in [5.74, 6) is 1.06. The Balaban J connectivity index is 1.44. The molecule has 0 spiro atoms. The molecule has 3 heterocycles. The molecule has 1 amide bonds. The Morgan fingerprint density at radius 1 is 1.27 bits per heavy atom. The minimum Gasteiger partial charge on any atom is -0.347 e. The predicted octanol–water partition coefficient (Wildman–Crippen LogP) is 2.49. The summed E-state index contributed by atoms with van der Waals surface area (Å²) in [7, 11) is 0. The molecule has 4 rings (SSSR count). The summed E-state index contributed by atoms with van der Waals surface area (Å²) in [6.45, 7) is 5.40. The van der Waals surface area contributed by atoms with Crippen molar-refractivity contribution in [3.8, 4) is 0 Å². The van der Waals surface area contributed by atoms with Gasteiger partial charge in [-0.15, -0.1) is 0 Å². The number of nitrogens with zero attached hydrogens (tertiary/aromatic N) is 4. The average molecular weight is 349 g/mol. The maximum absolute atomic E-state index is 12.7. The van der Waals surface area contributed by atoms with Gasteiger partial charge in [-0.05, 0) is 25.8 Å². The van der Waals surface area contributed by atoms with E-state index in [1.165, 1.54) is 5.56 Å². The Hall–Kier alpha value is -2.89. The van der Waals surface area contributed by atoms with Gasteiger partial charge in [-0.2, -0.15) is 5.10 Å². The third kappa shape index (κ3) is 3.27. The van der Waals surface area contributed by atoms with Crippen molar-refractivity contribution in [1.82, 2.24) is 24.6 Å². The first-order valence-electron chi connectivity index (χ1n) is 9.00. The van der Waals surface area contributed by atoms with Gasteiger partial charge in [-0.1, -0.05) is 30.3 Å². The second-order valence-electron chi connectivity index (χ2n) is 6.95.